The number of carbonyl (C=O) groups excluding carboxylic acids is 1. The van der Waals surface area contributed by atoms with Gasteiger partial charge in [-0.2, -0.15) is 0 Å². The molecule has 2 unspecified atom stereocenters. The van der Waals surface area contributed by atoms with Crippen molar-refractivity contribution in [2.45, 2.75) is 44.2 Å². The predicted octanol–water partition coefficient (Wildman–Crippen LogP) is 2.79. The van der Waals surface area contributed by atoms with Gasteiger partial charge in [-0.25, -0.2) is 0 Å². The summed E-state index contributed by atoms with van der Waals surface area (Å²) in [6.07, 6.45) is 4.88. The molecule has 2 atom stereocenters. The summed E-state index contributed by atoms with van der Waals surface area (Å²) in [5.74, 6) is 0.0580. The Balaban J connectivity index is 0.00000144. The van der Waals surface area contributed by atoms with Gasteiger partial charge < -0.3 is 10.6 Å². The molecule has 0 radical (unpaired) electrons. The molecule has 6 heteroatoms. The van der Waals surface area contributed by atoms with Crippen molar-refractivity contribution >= 4 is 30.7 Å². The molecule has 4 nitrogen and oxygen atoms in total. The summed E-state index contributed by atoms with van der Waals surface area (Å²) in [5.41, 5.74) is 6.36. The molecule has 2 N–H and O–H groups in total. The minimum Gasteiger partial charge on any atom is -0.339 e. The maximum atomic E-state index is 13.0. The van der Waals surface area contributed by atoms with Crippen LogP contribution < -0.4 is 5.73 Å². The number of hydrogen-bond donors (Lipinski definition) is 1. The standard InChI is InChI=1S/C18H27N3O.2ClH/c1-18(19,15-8-3-2-4-9-15)17(22)21-13-7-10-16(14-21)20-11-5-6-12-20;;/h2-4,8-9,16H,5-7,10-14,19H2,1H3;2*1H. The van der Waals surface area contributed by atoms with Gasteiger partial charge in [-0.3, -0.25) is 9.69 Å². The molecule has 1 aromatic carbocycles. The Hall–Kier alpha value is -0.810. The second kappa shape index (κ2) is 9.04. The lowest BCUT2D eigenvalue weighted by atomic mass is 9.90. The smallest absolute Gasteiger partial charge is 0.247 e. The van der Waals surface area contributed by atoms with Crippen molar-refractivity contribution in [3.05, 3.63) is 35.9 Å². The van der Waals surface area contributed by atoms with E-state index in [1.165, 1.54) is 32.4 Å². The molecule has 0 spiro atoms. The highest BCUT2D eigenvalue weighted by Gasteiger charge is 2.37. The Bertz CT molecular complexity index is 518. The zero-order chi connectivity index (χ0) is 15.6. The van der Waals surface area contributed by atoms with E-state index in [2.05, 4.69) is 4.90 Å². The van der Waals surface area contributed by atoms with E-state index in [1.807, 2.05) is 42.2 Å². The second-order valence-corrected chi connectivity index (χ2v) is 6.86. The van der Waals surface area contributed by atoms with E-state index in [1.54, 1.807) is 0 Å². The summed E-state index contributed by atoms with van der Waals surface area (Å²) in [6, 6.07) is 10.2. The van der Waals surface area contributed by atoms with Crippen LogP contribution in [-0.4, -0.2) is 47.9 Å². The largest absolute Gasteiger partial charge is 0.339 e. The Morgan fingerprint density at radius 1 is 1.08 bits per heavy atom. The van der Waals surface area contributed by atoms with E-state index in [9.17, 15) is 4.79 Å². The van der Waals surface area contributed by atoms with Crippen LogP contribution in [0.15, 0.2) is 30.3 Å². The lowest BCUT2D eigenvalue weighted by Crippen LogP contribution is -2.56. The van der Waals surface area contributed by atoms with Crippen molar-refractivity contribution in [1.29, 1.82) is 0 Å². The Morgan fingerprint density at radius 2 is 1.71 bits per heavy atom. The molecule has 1 amide bonds. The number of benzene rings is 1. The molecular weight excluding hydrogens is 345 g/mol. The zero-order valence-electron chi connectivity index (χ0n) is 14.3. The summed E-state index contributed by atoms with van der Waals surface area (Å²) < 4.78 is 0. The zero-order valence-corrected chi connectivity index (χ0v) is 16.0. The quantitative estimate of drug-likeness (QED) is 0.885. The van der Waals surface area contributed by atoms with E-state index in [-0.39, 0.29) is 30.7 Å². The van der Waals surface area contributed by atoms with E-state index in [0.717, 1.165) is 25.1 Å². The highest BCUT2D eigenvalue weighted by molar-refractivity contribution is 5.87. The molecule has 136 valence electrons. The van der Waals surface area contributed by atoms with Crippen LogP contribution in [0.25, 0.3) is 0 Å². The van der Waals surface area contributed by atoms with Gasteiger partial charge >= 0.3 is 0 Å². The predicted molar refractivity (Wildman–Crippen MR) is 103 cm³/mol. The van der Waals surface area contributed by atoms with E-state index in [0.29, 0.717) is 6.04 Å². The maximum absolute atomic E-state index is 13.0. The van der Waals surface area contributed by atoms with Gasteiger partial charge in [0.05, 0.1) is 0 Å². The van der Waals surface area contributed by atoms with Crippen LogP contribution in [0.3, 0.4) is 0 Å². The van der Waals surface area contributed by atoms with Crippen molar-refractivity contribution in [2.75, 3.05) is 26.2 Å². The van der Waals surface area contributed by atoms with Crippen molar-refractivity contribution in [2.24, 2.45) is 5.73 Å². The lowest BCUT2D eigenvalue weighted by molar-refractivity contribution is -0.138. The number of carbonyl (C=O) groups is 1. The summed E-state index contributed by atoms with van der Waals surface area (Å²) >= 11 is 0. The van der Waals surface area contributed by atoms with Crippen LogP contribution in [0.5, 0.6) is 0 Å². The van der Waals surface area contributed by atoms with Gasteiger partial charge in [0.2, 0.25) is 5.91 Å². The molecule has 2 aliphatic heterocycles. The molecular formula is C18H29Cl2N3O. The van der Waals surface area contributed by atoms with Gasteiger partial charge in [-0.15, -0.1) is 24.8 Å². The first-order chi connectivity index (χ1) is 10.6. The number of rotatable bonds is 3. The topological polar surface area (TPSA) is 49.6 Å². The highest BCUT2D eigenvalue weighted by atomic mass is 35.5. The molecule has 2 heterocycles. The van der Waals surface area contributed by atoms with Crippen LogP contribution in [0, 0.1) is 0 Å². The Morgan fingerprint density at radius 3 is 2.33 bits per heavy atom. The summed E-state index contributed by atoms with van der Waals surface area (Å²) in [7, 11) is 0. The molecule has 0 aromatic heterocycles. The number of likely N-dealkylation sites (tertiary alicyclic amines) is 2. The van der Waals surface area contributed by atoms with E-state index in [4.69, 9.17) is 5.73 Å². The third-order valence-corrected chi connectivity index (χ3v) is 5.16. The SMILES string of the molecule is CC(N)(C(=O)N1CCCC(N2CCCC2)C1)c1ccccc1.Cl.Cl. The molecule has 3 rings (SSSR count). The lowest BCUT2D eigenvalue weighted by Gasteiger charge is -2.40. The second-order valence-electron chi connectivity index (χ2n) is 6.86. The molecule has 0 saturated carbocycles. The maximum Gasteiger partial charge on any atom is 0.247 e. The molecule has 2 fully saturated rings. The fourth-order valence-corrected chi connectivity index (χ4v) is 3.78. The third-order valence-electron chi connectivity index (χ3n) is 5.16. The Kier molecular flexibility index (Phi) is 8.00. The van der Waals surface area contributed by atoms with E-state index >= 15 is 0 Å². The number of halogens is 2. The number of amides is 1. The molecule has 0 aliphatic carbocycles. The van der Waals surface area contributed by atoms with Gasteiger partial charge in [0.15, 0.2) is 0 Å². The van der Waals surface area contributed by atoms with Gasteiger partial charge in [0.1, 0.15) is 5.54 Å². The minimum absolute atomic E-state index is 0. The van der Waals surface area contributed by atoms with Gasteiger partial charge in [0.25, 0.3) is 0 Å². The van der Waals surface area contributed by atoms with Crippen LogP contribution in [0.2, 0.25) is 0 Å². The van der Waals surface area contributed by atoms with Crippen LogP contribution in [0.4, 0.5) is 0 Å². The van der Waals surface area contributed by atoms with Gasteiger partial charge in [-0.05, 0) is 51.3 Å². The summed E-state index contributed by atoms with van der Waals surface area (Å²) in [5, 5.41) is 0. The van der Waals surface area contributed by atoms with Crippen LogP contribution in [-0.2, 0) is 10.3 Å². The summed E-state index contributed by atoms with van der Waals surface area (Å²) in [4.78, 5) is 17.5. The minimum atomic E-state index is -0.936. The average molecular weight is 374 g/mol. The monoisotopic (exact) mass is 373 g/mol. The Labute approximate surface area is 157 Å². The van der Waals surface area contributed by atoms with Gasteiger partial charge in [-0.1, -0.05) is 30.3 Å². The molecule has 0 bridgehead atoms. The van der Waals surface area contributed by atoms with Crippen molar-refractivity contribution in [1.82, 2.24) is 9.80 Å². The molecule has 2 aliphatic rings. The normalized spacial score (nSPS) is 23.8. The molecule has 2 saturated heterocycles. The highest BCUT2D eigenvalue weighted by Crippen LogP contribution is 2.25. The average Bonchev–Trinajstić information content (AvgIpc) is 3.09. The molecule has 24 heavy (non-hydrogen) atoms. The number of piperidine rings is 1. The van der Waals surface area contributed by atoms with Crippen molar-refractivity contribution in [3.63, 3.8) is 0 Å². The molecule has 1 aromatic rings. The van der Waals surface area contributed by atoms with Gasteiger partial charge in [0, 0.05) is 19.1 Å². The first-order valence-electron chi connectivity index (χ1n) is 8.47. The van der Waals surface area contributed by atoms with Crippen molar-refractivity contribution in [3.8, 4) is 0 Å². The van der Waals surface area contributed by atoms with Crippen molar-refractivity contribution < 1.29 is 4.79 Å². The number of hydrogen-bond acceptors (Lipinski definition) is 3. The number of nitrogens with zero attached hydrogens (tertiary/aromatic N) is 2. The van der Waals surface area contributed by atoms with Crippen LogP contribution in [0.1, 0.15) is 38.2 Å². The van der Waals surface area contributed by atoms with Crippen LogP contribution >= 0.6 is 24.8 Å². The first-order valence-corrected chi connectivity index (χ1v) is 8.47. The fraction of sp³-hybridized carbons (Fsp3) is 0.611. The fourth-order valence-electron chi connectivity index (χ4n) is 3.78. The van der Waals surface area contributed by atoms with E-state index < -0.39 is 5.54 Å². The third kappa shape index (κ3) is 4.42. The number of nitrogens with two attached hydrogens (primary N) is 1. The first kappa shape index (κ1) is 21.2. The summed E-state index contributed by atoms with van der Waals surface area (Å²) in [6.45, 7) is 5.88.